The second kappa shape index (κ2) is 6.85. The van der Waals surface area contributed by atoms with E-state index < -0.39 is 5.54 Å². The monoisotopic (exact) mass is 305 g/mol. The van der Waals surface area contributed by atoms with Crippen molar-refractivity contribution in [1.82, 2.24) is 4.90 Å². The molecule has 0 unspecified atom stereocenters. The lowest BCUT2D eigenvalue weighted by atomic mass is 9.79. The zero-order valence-corrected chi connectivity index (χ0v) is 13.6. The van der Waals surface area contributed by atoms with Crippen LogP contribution in [0, 0.1) is 17.2 Å². The summed E-state index contributed by atoms with van der Waals surface area (Å²) >= 11 is 0. The van der Waals surface area contributed by atoms with Crippen LogP contribution in [0.15, 0.2) is 60.7 Å². The van der Waals surface area contributed by atoms with E-state index in [-0.39, 0.29) is 5.92 Å². The van der Waals surface area contributed by atoms with E-state index >= 15 is 0 Å². The minimum Gasteiger partial charge on any atom is -0.367 e. The van der Waals surface area contributed by atoms with E-state index in [0.29, 0.717) is 0 Å². The Morgan fingerprint density at radius 3 is 2.39 bits per heavy atom. The van der Waals surface area contributed by atoms with Gasteiger partial charge in [0.15, 0.2) is 0 Å². The molecule has 2 aromatic rings. The molecule has 3 heteroatoms. The lowest BCUT2D eigenvalue weighted by Gasteiger charge is -2.43. The van der Waals surface area contributed by atoms with Crippen LogP contribution in [0.25, 0.3) is 0 Å². The van der Waals surface area contributed by atoms with E-state index in [1.54, 1.807) is 0 Å². The molecule has 0 bridgehead atoms. The average Bonchev–Trinajstić information content (AvgIpc) is 2.59. The highest BCUT2D eigenvalue weighted by atomic mass is 15.2. The van der Waals surface area contributed by atoms with Crippen LogP contribution in [0.3, 0.4) is 0 Å². The van der Waals surface area contributed by atoms with Crippen LogP contribution >= 0.6 is 0 Å². The first-order valence-corrected chi connectivity index (χ1v) is 8.23. The van der Waals surface area contributed by atoms with Crippen molar-refractivity contribution >= 4 is 5.69 Å². The Balaban J connectivity index is 1.68. The average molecular weight is 305 g/mol. The molecule has 1 saturated heterocycles. The molecule has 1 N–H and O–H groups in total. The molecular weight excluding hydrogens is 282 g/mol. The van der Waals surface area contributed by atoms with Crippen molar-refractivity contribution in [3.63, 3.8) is 0 Å². The first-order valence-electron chi connectivity index (χ1n) is 8.23. The number of benzene rings is 2. The second-order valence-electron chi connectivity index (χ2n) is 6.45. The third-order valence-electron chi connectivity index (χ3n) is 4.79. The summed E-state index contributed by atoms with van der Waals surface area (Å²) < 4.78 is 0. The number of hydrogen-bond donors (Lipinski definition) is 1. The van der Waals surface area contributed by atoms with Crippen molar-refractivity contribution in [2.45, 2.75) is 25.4 Å². The van der Waals surface area contributed by atoms with Crippen molar-refractivity contribution in [2.24, 2.45) is 5.92 Å². The SMILES string of the molecule is C[C@H]1CN(Cc2ccccc2)CC[C@@]1(C#N)Nc1ccccc1. The summed E-state index contributed by atoms with van der Waals surface area (Å²) in [4.78, 5) is 2.45. The Morgan fingerprint density at radius 1 is 1.13 bits per heavy atom. The molecule has 1 aliphatic rings. The molecule has 3 rings (SSSR count). The molecule has 1 fully saturated rings. The number of nitriles is 1. The lowest BCUT2D eigenvalue weighted by molar-refractivity contribution is 0.138. The number of rotatable bonds is 4. The number of hydrogen-bond acceptors (Lipinski definition) is 3. The van der Waals surface area contributed by atoms with Crippen LogP contribution in [0.1, 0.15) is 18.9 Å². The fraction of sp³-hybridized carbons (Fsp3) is 0.350. The van der Waals surface area contributed by atoms with Crippen molar-refractivity contribution in [2.75, 3.05) is 18.4 Å². The predicted molar refractivity (Wildman–Crippen MR) is 93.9 cm³/mol. The van der Waals surface area contributed by atoms with Crippen molar-refractivity contribution < 1.29 is 0 Å². The fourth-order valence-electron chi connectivity index (χ4n) is 3.36. The summed E-state index contributed by atoms with van der Waals surface area (Å²) in [5, 5.41) is 13.3. The summed E-state index contributed by atoms with van der Waals surface area (Å²) in [6.45, 7) is 5.00. The van der Waals surface area contributed by atoms with Crippen LogP contribution in [-0.4, -0.2) is 23.5 Å². The van der Waals surface area contributed by atoms with E-state index in [0.717, 1.165) is 31.7 Å². The molecule has 0 spiro atoms. The van der Waals surface area contributed by atoms with E-state index in [2.05, 4.69) is 47.5 Å². The molecule has 1 heterocycles. The van der Waals surface area contributed by atoms with Crippen LogP contribution in [0.5, 0.6) is 0 Å². The number of nitrogens with zero attached hydrogens (tertiary/aromatic N) is 2. The molecule has 2 aromatic carbocycles. The van der Waals surface area contributed by atoms with Crippen LogP contribution in [0.2, 0.25) is 0 Å². The second-order valence-corrected chi connectivity index (χ2v) is 6.45. The van der Waals surface area contributed by atoms with E-state index in [1.165, 1.54) is 5.56 Å². The molecule has 0 saturated carbocycles. The van der Waals surface area contributed by atoms with E-state index in [4.69, 9.17) is 0 Å². The molecule has 118 valence electrons. The molecule has 2 atom stereocenters. The molecule has 0 amide bonds. The van der Waals surface area contributed by atoms with Gasteiger partial charge in [-0.3, -0.25) is 4.90 Å². The molecule has 3 nitrogen and oxygen atoms in total. The Hall–Kier alpha value is -2.31. The van der Waals surface area contributed by atoms with Crippen LogP contribution < -0.4 is 5.32 Å². The normalized spacial score (nSPS) is 24.8. The maximum Gasteiger partial charge on any atom is 0.130 e. The molecule has 0 aliphatic carbocycles. The Kier molecular flexibility index (Phi) is 4.64. The zero-order chi connectivity index (χ0) is 16.1. The minimum atomic E-state index is -0.478. The molecule has 23 heavy (non-hydrogen) atoms. The zero-order valence-electron chi connectivity index (χ0n) is 13.6. The highest BCUT2D eigenvalue weighted by Crippen LogP contribution is 2.31. The van der Waals surface area contributed by atoms with Gasteiger partial charge >= 0.3 is 0 Å². The molecule has 0 radical (unpaired) electrons. The summed E-state index contributed by atoms with van der Waals surface area (Å²) in [6, 6.07) is 23.2. The van der Waals surface area contributed by atoms with Gasteiger partial charge in [-0.15, -0.1) is 0 Å². The van der Waals surface area contributed by atoms with Gasteiger partial charge in [-0.1, -0.05) is 55.5 Å². The van der Waals surface area contributed by atoms with Gasteiger partial charge in [0.05, 0.1) is 6.07 Å². The van der Waals surface area contributed by atoms with Crippen molar-refractivity contribution in [1.29, 1.82) is 5.26 Å². The number of likely N-dealkylation sites (tertiary alicyclic amines) is 1. The largest absolute Gasteiger partial charge is 0.367 e. The van der Waals surface area contributed by atoms with Gasteiger partial charge in [0.1, 0.15) is 5.54 Å². The smallest absolute Gasteiger partial charge is 0.130 e. The third-order valence-corrected chi connectivity index (χ3v) is 4.79. The topological polar surface area (TPSA) is 39.1 Å². The first kappa shape index (κ1) is 15.6. The summed E-state index contributed by atoms with van der Waals surface area (Å²) in [7, 11) is 0. The Morgan fingerprint density at radius 2 is 1.78 bits per heavy atom. The maximum absolute atomic E-state index is 9.82. The number of nitrogens with one attached hydrogen (secondary N) is 1. The maximum atomic E-state index is 9.82. The fourth-order valence-corrected chi connectivity index (χ4v) is 3.36. The molecular formula is C20H23N3. The van der Waals surface area contributed by atoms with Crippen LogP contribution in [-0.2, 0) is 6.54 Å². The standard InChI is InChI=1S/C20H23N3/c1-17-14-23(15-18-8-4-2-5-9-18)13-12-20(17,16-21)22-19-10-6-3-7-11-19/h2-11,17,22H,12-15H2,1H3/t17-,20-/m0/s1. The van der Waals surface area contributed by atoms with E-state index in [1.807, 2.05) is 36.4 Å². The van der Waals surface area contributed by atoms with E-state index in [9.17, 15) is 5.26 Å². The van der Waals surface area contributed by atoms with Gasteiger partial charge in [-0.2, -0.15) is 5.26 Å². The molecule has 0 aromatic heterocycles. The quantitative estimate of drug-likeness (QED) is 0.931. The lowest BCUT2D eigenvalue weighted by Crippen LogP contribution is -2.54. The highest BCUT2D eigenvalue weighted by molar-refractivity contribution is 5.48. The van der Waals surface area contributed by atoms with Gasteiger partial charge in [-0.05, 0) is 24.1 Å². The summed E-state index contributed by atoms with van der Waals surface area (Å²) in [5.41, 5.74) is 1.88. The minimum absolute atomic E-state index is 0.269. The Labute approximate surface area is 138 Å². The van der Waals surface area contributed by atoms with Gasteiger partial charge < -0.3 is 5.32 Å². The first-order chi connectivity index (χ1) is 11.2. The number of para-hydroxylation sites is 1. The highest BCUT2D eigenvalue weighted by Gasteiger charge is 2.40. The third kappa shape index (κ3) is 3.55. The summed E-state index contributed by atoms with van der Waals surface area (Å²) in [5.74, 6) is 0.269. The molecule has 1 aliphatic heterocycles. The summed E-state index contributed by atoms with van der Waals surface area (Å²) in [6.07, 6.45) is 0.840. The van der Waals surface area contributed by atoms with Gasteiger partial charge in [0.2, 0.25) is 0 Å². The predicted octanol–water partition coefficient (Wildman–Crippen LogP) is 3.90. The van der Waals surface area contributed by atoms with Crippen LogP contribution in [0.4, 0.5) is 5.69 Å². The van der Waals surface area contributed by atoms with Crippen molar-refractivity contribution in [3.05, 3.63) is 66.2 Å². The number of piperidine rings is 1. The van der Waals surface area contributed by atoms with Gasteiger partial charge in [-0.25, -0.2) is 0 Å². The van der Waals surface area contributed by atoms with Gasteiger partial charge in [0.25, 0.3) is 0 Å². The number of anilines is 1. The van der Waals surface area contributed by atoms with Crippen molar-refractivity contribution in [3.8, 4) is 6.07 Å². The van der Waals surface area contributed by atoms with Gasteiger partial charge in [0, 0.05) is 31.2 Å². The Bertz CT molecular complexity index is 662.